The molecule has 0 spiro atoms. The van der Waals surface area contributed by atoms with Crippen molar-refractivity contribution in [1.82, 2.24) is 5.32 Å². The van der Waals surface area contributed by atoms with Crippen molar-refractivity contribution in [2.45, 2.75) is 106 Å². The standard InChI is InChI=1S/C20H35NO15/c1-5-16(35-20-14(29)12(27)10(25)7(3-22)34-20)13(28)15(30)19(32-5)36-17-9(21-6(2)24)18(31)33-8(4-23)11(17)26/h5,7-20,22-23,25-31H,3-4H2,1-2H3,(H,21,24)/t5-,7+,8+,9+,10+,11+,12-,13-,14-,15+,16-,17+,18-,19-,20+/m0/s1. The molecule has 36 heavy (non-hydrogen) atoms. The van der Waals surface area contributed by atoms with E-state index in [1.54, 1.807) is 0 Å². The van der Waals surface area contributed by atoms with Gasteiger partial charge in [-0.05, 0) is 6.92 Å². The monoisotopic (exact) mass is 529 g/mol. The molecule has 0 aromatic carbocycles. The number of carbonyl (C=O) groups is 1. The number of hydrogen-bond acceptors (Lipinski definition) is 15. The Morgan fingerprint density at radius 3 is 1.83 bits per heavy atom. The lowest BCUT2D eigenvalue weighted by Gasteiger charge is -2.48. The minimum atomic E-state index is -1.83. The SMILES string of the molecule is CC(=O)N[C@@H]1[C@@H](O[C@@H]2O[C@@H](C)[C@H](O[C@H]3O[C@H](CO)[C@@H](O)[C@H](O)[C@@H]3O)[C@@H](O)[C@H]2O)[C@H](O)[C@@H](CO)O[C@@H]1O. The van der Waals surface area contributed by atoms with E-state index in [-0.39, 0.29) is 0 Å². The average molecular weight is 529 g/mol. The fraction of sp³-hybridized carbons (Fsp3) is 0.950. The van der Waals surface area contributed by atoms with Gasteiger partial charge in [0, 0.05) is 6.92 Å². The fourth-order valence-corrected chi connectivity index (χ4v) is 4.43. The van der Waals surface area contributed by atoms with Crippen LogP contribution in [-0.4, -0.2) is 157 Å². The normalized spacial score (nSPS) is 50.0. The van der Waals surface area contributed by atoms with E-state index in [0.29, 0.717) is 0 Å². The zero-order valence-corrected chi connectivity index (χ0v) is 19.5. The van der Waals surface area contributed by atoms with Crippen LogP contribution in [0.4, 0.5) is 0 Å². The third-order valence-corrected chi connectivity index (χ3v) is 6.45. The molecule has 3 aliphatic heterocycles. The first kappa shape index (κ1) is 29.5. The maximum absolute atomic E-state index is 11.6. The molecule has 0 aromatic rings. The highest BCUT2D eigenvalue weighted by Gasteiger charge is 2.52. The summed E-state index contributed by atoms with van der Waals surface area (Å²) < 4.78 is 27.1. The van der Waals surface area contributed by atoms with Gasteiger partial charge in [0.1, 0.15) is 67.1 Å². The predicted molar refractivity (Wildman–Crippen MR) is 111 cm³/mol. The van der Waals surface area contributed by atoms with Crippen LogP contribution in [0.25, 0.3) is 0 Å². The van der Waals surface area contributed by atoms with Crippen LogP contribution in [0, 0.1) is 0 Å². The lowest BCUT2D eigenvalue weighted by molar-refractivity contribution is -0.368. The molecule has 16 nitrogen and oxygen atoms in total. The summed E-state index contributed by atoms with van der Waals surface area (Å²) in [6, 6.07) is -1.33. The van der Waals surface area contributed by atoms with Crippen LogP contribution in [0.2, 0.25) is 0 Å². The highest BCUT2D eigenvalue weighted by molar-refractivity contribution is 5.73. The van der Waals surface area contributed by atoms with Gasteiger partial charge in [0.25, 0.3) is 0 Å². The second kappa shape index (κ2) is 12.2. The molecule has 3 heterocycles. The van der Waals surface area contributed by atoms with Crippen LogP contribution in [0.3, 0.4) is 0 Å². The Labute approximate surface area is 205 Å². The summed E-state index contributed by atoms with van der Waals surface area (Å²) in [4.78, 5) is 11.6. The quantitative estimate of drug-likeness (QED) is 0.147. The van der Waals surface area contributed by atoms with Crippen LogP contribution in [0.5, 0.6) is 0 Å². The fourth-order valence-electron chi connectivity index (χ4n) is 4.43. The van der Waals surface area contributed by atoms with Crippen molar-refractivity contribution in [3.8, 4) is 0 Å². The maximum Gasteiger partial charge on any atom is 0.217 e. The summed E-state index contributed by atoms with van der Waals surface area (Å²) >= 11 is 0. The summed E-state index contributed by atoms with van der Waals surface area (Å²) in [6.07, 6.45) is -21.6. The van der Waals surface area contributed by atoms with Crippen molar-refractivity contribution >= 4 is 5.91 Å². The Balaban J connectivity index is 1.72. The first-order chi connectivity index (χ1) is 16.9. The van der Waals surface area contributed by atoms with Crippen molar-refractivity contribution in [3.05, 3.63) is 0 Å². The highest BCUT2D eigenvalue weighted by atomic mass is 16.7. The van der Waals surface area contributed by atoms with Gasteiger partial charge in [0.15, 0.2) is 18.9 Å². The Morgan fingerprint density at radius 1 is 0.722 bits per heavy atom. The molecule has 3 aliphatic rings. The Hall–Kier alpha value is -1.09. The number of hydrogen-bond donors (Lipinski definition) is 10. The molecule has 3 rings (SSSR count). The van der Waals surface area contributed by atoms with Crippen LogP contribution in [0.15, 0.2) is 0 Å². The van der Waals surface area contributed by atoms with Crippen LogP contribution >= 0.6 is 0 Å². The second-order valence-electron chi connectivity index (χ2n) is 9.05. The van der Waals surface area contributed by atoms with Gasteiger partial charge >= 0.3 is 0 Å². The van der Waals surface area contributed by atoms with E-state index in [2.05, 4.69) is 5.32 Å². The second-order valence-corrected chi connectivity index (χ2v) is 9.05. The van der Waals surface area contributed by atoms with Crippen molar-refractivity contribution in [1.29, 1.82) is 0 Å². The smallest absolute Gasteiger partial charge is 0.217 e. The molecule has 3 saturated heterocycles. The molecule has 10 N–H and O–H groups in total. The zero-order valence-electron chi connectivity index (χ0n) is 19.5. The van der Waals surface area contributed by atoms with Crippen molar-refractivity contribution in [2.75, 3.05) is 13.2 Å². The summed E-state index contributed by atoms with van der Waals surface area (Å²) in [6.45, 7) is 1.16. The number of rotatable bonds is 7. The molecule has 3 fully saturated rings. The van der Waals surface area contributed by atoms with Crippen LogP contribution < -0.4 is 5.32 Å². The number of aliphatic hydroxyl groups is 9. The number of amides is 1. The predicted octanol–water partition coefficient (Wildman–Crippen LogP) is -6.40. The lowest BCUT2D eigenvalue weighted by atomic mass is 9.95. The van der Waals surface area contributed by atoms with E-state index in [9.17, 15) is 50.8 Å². The molecular weight excluding hydrogens is 494 g/mol. The van der Waals surface area contributed by atoms with Gasteiger partial charge in [-0.15, -0.1) is 0 Å². The number of carbonyl (C=O) groups excluding carboxylic acids is 1. The van der Waals surface area contributed by atoms with E-state index in [1.807, 2.05) is 0 Å². The molecule has 0 aromatic heterocycles. The number of aliphatic hydroxyl groups excluding tert-OH is 9. The van der Waals surface area contributed by atoms with E-state index in [0.717, 1.165) is 6.92 Å². The maximum atomic E-state index is 11.6. The molecule has 0 bridgehead atoms. The molecule has 210 valence electrons. The third kappa shape index (κ3) is 5.97. The first-order valence-corrected chi connectivity index (χ1v) is 11.4. The molecule has 0 saturated carbocycles. The van der Waals surface area contributed by atoms with E-state index in [1.165, 1.54) is 6.92 Å². The molecule has 0 radical (unpaired) electrons. The van der Waals surface area contributed by atoms with Crippen molar-refractivity contribution in [3.63, 3.8) is 0 Å². The molecule has 1 amide bonds. The zero-order chi connectivity index (χ0) is 26.9. The number of nitrogens with one attached hydrogen (secondary N) is 1. The molecule has 15 atom stereocenters. The Morgan fingerprint density at radius 2 is 1.25 bits per heavy atom. The lowest BCUT2D eigenvalue weighted by Crippen LogP contribution is -2.68. The topological polar surface area (TPSA) is 257 Å². The van der Waals surface area contributed by atoms with Gasteiger partial charge in [-0.25, -0.2) is 0 Å². The average Bonchev–Trinajstić information content (AvgIpc) is 2.83. The van der Waals surface area contributed by atoms with Gasteiger partial charge in [-0.1, -0.05) is 0 Å². The first-order valence-electron chi connectivity index (χ1n) is 11.4. The van der Waals surface area contributed by atoms with Crippen molar-refractivity contribution < 1.29 is 74.4 Å². The van der Waals surface area contributed by atoms with Gasteiger partial charge in [0.2, 0.25) is 5.91 Å². The van der Waals surface area contributed by atoms with Gasteiger partial charge in [-0.3, -0.25) is 4.79 Å². The van der Waals surface area contributed by atoms with Crippen molar-refractivity contribution in [2.24, 2.45) is 0 Å². The Kier molecular flexibility index (Phi) is 9.97. The number of ether oxygens (including phenoxy) is 5. The van der Waals surface area contributed by atoms with E-state index < -0.39 is 111 Å². The van der Waals surface area contributed by atoms with E-state index >= 15 is 0 Å². The summed E-state index contributed by atoms with van der Waals surface area (Å²) in [5.74, 6) is -0.600. The summed E-state index contributed by atoms with van der Waals surface area (Å²) in [5.41, 5.74) is 0. The summed E-state index contributed by atoms with van der Waals surface area (Å²) in [5, 5.41) is 93.3. The third-order valence-electron chi connectivity index (χ3n) is 6.45. The molecule has 0 aliphatic carbocycles. The Bertz CT molecular complexity index is 729. The van der Waals surface area contributed by atoms with Gasteiger partial charge in [0.05, 0.1) is 19.3 Å². The molecule has 16 heteroatoms. The highest BCUT2D eigenvalue weighted by Crippen LogP contribution is 2.32. The minimum absolute atomic E-state index is 0.600. The van der Waals surface area contributed by atoms with Crippen LogP contribution in [0.1, 0.15) is 13.8 Å². The minimum Gasteiger partial charge on any atom is -0.394 e. The van der Waals surface area contributed by atoms with Gasteiger partial charge < -0.3 is 75.0 Å². The molecular formula is C20H35NO15. The largest absolute Gasteiger partial charge is 0.394 e. The summed E-state index contributed by atoms with van der Waals surface area (Å²) in [7, 11) is 0. The van der Waals surface area contributed by atoms with Gasteiger partial charge in [-0.2, -0.15) is 0 Å². The van der Waals surface area contributed by atoms with E-state index in [4.69, 9.17) is 23.7 Å². The van der Waals surface area contributed by atoms with Crippen LogP contribution in [-0.2, 0) is 28.5 Å². The molecule has 0 unspecified atom stereocenters.